The molecular weight excluding hydrogens is 340 g/mol. The molecule has 112 valence electrons. The molecule has 1 unspecified atom stereocenters. The van der Waals surface area contributed by atoms with Crippen LogP contribution in [0.25, 0.3) is 10.8 Å². The summed E-state index contributed by atoms with van der Waals surface area (Å²) in [5.41, 5.74) is 0.893. The van der Waals surface area contributed by atoms with E-state index in [1.54, 1.807) is 0 Å². The SMILES string of the molecule is OC(CCOc1ccc2ccccc2c1)c1ccccc1Br. The lowest BCUT2D eigenvalue weighted by molar-refractivity contribution is 0.140. The molecule has 0 aliphatic heterocycles. The average molecular weight is 357 g/mol. The number of rotatable bonds is 5. The second kappa shape index (κ2) is 6.95. The third kappa shape index (κ3) is 3.49. The van der Waals surface area contributed by atoms with Crippen LogP contribution < -0.4 is 4.74 Å². The van der Waals surface area contributed by atoms with E-state index in [-0.39, 0.29) is 0 Å². The molecule has 3 heteroatoms. The molecule has 0 saturated carbocycles. The maximum absolute atomic E-state index is 10.2. The van der Waals surface area contributed by atoms with E-state index in [2.05, 4.69) is 34.1 Å². The monoisotopic (exact) mass is 356 g/mol. The van der Waals surface area contributed by atoms with Crippen LogP contribution in [-0.2, 0) is 0 Å². The normalized spacial score (nSPS) is 12.3. The Balaban J connectivity index is 1.61. The number of fused-ring (bicyclic) bond motifs is 1. The van der Waals surface area contributed by atoms with Gasteiger partial charge in [-0.1, -0.05) is 64.5 Å². The fraction of sp³-hybridized carbons (Fsp3) is 0.158. The topological polar surface area (TPSA) is 29.5 Å². The predicted octanol–water partition coefficient (Wildman–Crippen LogP) is 5.10. The number of halogens is 1. The lowest BCUT2D eigenvalue weighted by Gasteiger charge is -2.13. The van der Waals surface area contributed by atoms with Crippen LogP contribution in [0.15, 0.2) is 71.2 Å². The molecule has 0 bridgehead atoms. The van der Waals surface area contributed by atoms with E-state index < -0.39 is 6.10 Å². The molecule has 0 fully saturated rings. The highest BCUT2D eigenvalue weighted by Gasteiger charge is 2.10. The highest BCUT2D eigenvalue weighted by molar-refractivity contribution is 9.10. The molecule has 0 heterocycles. The van der Waals surface area contributed by atoms with Crippen LogP contribution in [0.4, 0.5) is 0 Å². The maximum atomic E-state index is 10.2. The first kappa shape index (κ1) is 15.1. The minimum Gasteiger partial charge on any atom is -0.493 e. The fourth-order valence-corrected chi connectivity index (χ4v) is 3.00. The Morgan fingerprint density at radius 1 is 0.909 bits per heavy atom. The van der Waals surface area contributed by atoms with Crippen LogP contribution in [-0.4, -0.2) is 11.7 Å². The van der Waals surface area contributed by atoms with Crippen molar-refractivity contribution in [2.45, 2.75) is 12.5 Å². The molecule has 0 spiro atoms. The molecule has 0 amide bonds. The standard InChI is InChI=1S/C19H17BrO2/c20-18-8-4-3-7-17(18)19(21)11-12-22-16-10-9-14-5-1-2-6-15(14)13-16/h1-10,13,19,21H,11-12H2. The van der Waals surface area contributed by atoms with Crippen molar-refractivity contribution in [3.63, 3.8) is 0 Å². The molecule has 0 aliphatic carbocycles. The van der Waals surface area contributed by atoms with Crippen molar-refractivity contribution >= 4 is 26.7 Å². The zero-order chi connectivity index (χ0) is 15.4. The van der Waals surface area contributed by atoms with Gasteiger partial charge in [0, 0.05) is 10.9 Å². The van der Waals surface area contributed by atoms with Gasteiger partial charge in [-0.25, -0.2) is 0 Å². The summed E-state index contributed by atoms with van der Waals surface area (Å²) in [5, 5.41) is 12.6. The lowest BCUT2D eigenvalue weighted by atomic mass is 10.1. The number of hydrogen-bond acceptors (Lipinski definition) is 2. The molecule has 0 saturated heterocycles. The smallest absolute Gasteiger partial charge is 0.119 e. The predicted molar refractivity (Wildman–Crippen MR) is 93.2 cm³/mol. The van der Waals surface area contributed by atoms with Gasteiger partial charge in [0.1, 0.15) is 5.75 Å². The van der Waals surface area contributed by atoms with Gasteiger partial charge in [-0.2, -0.15) is 0 Å². The summed E-state index contributed by atoms with van der Waals surface area (Å²) in [7, 11) is 0. The van der Waals surface area contributed by atoms with Crippen molar-refractivity contribution in [1.82, 2.24) is 0 Å². The summed E-state index contributed by atoms with van der Waals surface area (Å²) < 4.78 is 6.70. The van der Waals surface area contributed by atoms with Crippen molar-refractivity contribution in [3.05, 3.63) is 76.8 Å². The third-order valence-corrected chi connectivity index (χ3v) is 4.37. The Hall–Kier alpha value is -1.84. The molecule has 0 radical (unpaired) electrons. The Morgan fingerprint density at radius 2 is 1.64 bits per heavy atom. The van der Waals surface area contributed by atoms with E-state index in [1.807, 2.05) is 48.5 Å². The molecule has 22 heavy (non-hydrogen) atoms. The summed E-state index contributed by atoms with van der Waals surface area (Å²) in [6, 6.07) is 21.9. The van der Waals surface area contributed by atoms with Crippen molar-refractivity contribution in [1.29, 1.82) is 0 Å². The van der Waals surface area contributed by atoms with Crippen LogP contribution in [0.2, 0.25) is 0 Å². The Bertz CT molecular complexity index is 770. The first-order valence-corrected chi connectivity index (χ1v) is 8.07. The van der Waals surface area contributed by atoms with Crippen molar-refractivity contribution in [3.8, 4) is 5.75 Å². The third-order valence-electron chi connectivity index (χ3n) is 3.65. The zero-order valence-corrected chi connectivity index (χ0v) is 13.7. The van der Waals surface area contributed by atoms with E-state index in [1.165, 1.54) is 5.39 Å². The molecule has 3 rings (SSSR count). The number of aliphatic hydroxyl groups is 1. The van der Waals surface area contributed by atoms with Gasteiger partial charge in [0.15, 0.2) is 0 Å². The first-order chi connectivity index (χ1) is 10.7. The molecule has 1 N–H and O–H groups in total. The quantitative estimate of drug-likeness (QED) is 0.688. The summed E-state index contributed by atoms with van der Waals surface area (Å²) in [6.07, 6.45) is 0.0196. The van der Waals surface area contributed by atoms with Gasteiger partial charge in [-0.05, 0) is 34.5 Å². The minimum atomic E-state index is -0.531. The van der Waals surface area contributed by atoms with E-state index >= 15 is 0 Å². The van der Waals surface area contributed by atoms with Gasteiger partial charge in [-0.15, -0.1) is 0 Å². The van der Waals surface area contributed by atoms with Crippen LogP contribution in [0.3, 0.4) is 0 Å². The summed E-state index contributed by atoms with van der Waals surface area (Å²) in [4.78, 5) is 0. The largest absolute Gasteiger partial charge is 0.493 e. The first-order valence-electron chi connectivity index (χ1n) is 7.28. The van der Waals surface area contributed by atoms with E-state index in [4.69, 9.17) is 4.74 Å². The summed E-state index contributed by atoms with van der Waals surface area (Å²) >= 11 is 3.46. The molecule has 3 aromatic carbocycles. The lowest BCUT2D eigenvalue weighted by Crippen LogP contribution is -2.05. The van der Waals surface area contributed by atoms with Crippen molar-refractivity contribution in [2.24, 2.45) is 0 Å². The van der Waals surface area contributed by atoms with Gasteiger partial charge in [0.2, 0.25) is 0 Å². The number of ether oxygens (including phenoxy) is 1. The molecule has 1 atom stereocenters. The van der Waals surface area contributed by atoms with Gasteiger partial charge in [0.05, 0.1) is 12.7 Å². The number of benzene rings is 3. The van der Waals surface area contributed by atoms with Gasteiger partial charge >= 0.3 is 0 Å². The second-order valence-electron chi connectivity index (χ2n) is 5.18. The van der Waals surface area contributed by atoms with Crippen LogP contribution in [0.5, 0.6) is 5.75 Å². The number of hydrogen-bond donors (Lipinski definition) is 1. The fourth-order valence-electron chi connectivity index (χ4n) is 2.45. The van der Waals surface area contributed by atoms with E-state index in [9.17, 15) is 5.11 Å². The van der Waals surface area contributed by atoms with Crippen LogP contribution >= 0.6 is 15.9 Å². The van der Waals surface area contributed by atoms with Crippen LogP contribution in [0, 0.1) is 0 Å². The number of aliphatic hydroxyl groups excluding tert-OH is 1. The average Bonchev–Trinajstić information content (AvgIpc) is 2.55. The Kier molecular flexibility index (Phi) is 4.76. The van der Waals surface area contributed by atoms with E-state index in [0.717, 1.165) is 21.2 Å². The molecule has 0 aliphatic rings. The highest BCUT2D eigenvalue weighted by atomic mass is 79.9. The highest BCUT2D eigenvalue weighted by Crippen LogP contribution is 2.26. The Morgan fingerprint density at radius 3 is 2.45 bits per heavy atom. The van der Waals surface area contributed by atoms with Gasteiger partial charge < -0.3 is 9.84 Å². The molecule has 3 aromatic rings. The van der Waals surface area contributed by atoms with Crippen LogP contribution in [0.1, 0.15) is 18.1 Å². The van der Waals surface area contributed by atoms with E-state index in [0.29, 0.717) is 13.0 Å². The summed E-state index contributed by atoms with van der Waals surface area (Å²) in [5.74, 6) is 0.832. The molecule has 0 aromatic heterocycles. The molecular formula is C19H17BrO2. The van der Waals surface area contributed by atoms with Crippen molar-refractivity contribution < 1.29 is 9.84 Å². The Labute approximate surface area is 138 Å². The summed E-state index contributed by atoms with van der Waals surface area (Å²) in [6.45, 7) is 0.473. The van der Waals surface area contributed by atoms with Gasteiger partial charge in [0.25, 0.3) is 0 Å². The zero-order valence-electron chi connectivity index (χ0n) is 12.1. The minimum absolute atomic E-state index is 0.473. The maximum Gasteiger partial charge on any atom is 0.119 e. The molecule has 2 nitrogen and oxygen atoms in total. The van der Waals surface area contributed by atoms with Gasteiger partial charge in [-0.3, -0.25) is 0 Å². The van der Waals surface area contributed by atoms with Crippen molar-refractivity contribution in [2.75, 3.05) is 6.61 Å². The second-order valence-corrected chi connectivity index (χ2v) is 6.04.